The van der Waals surface area contributed by atoms with Gasteiger partial charge in [0.1, 0.15) is 16.5 Å². The number of thiophene rings is 1. The van der Waals surface area contributed by atoms with E-state index < -0.39 is 0 Å². The van der Waals surface area contributed by atoms with Gasteiger partial charge < -0.3 is 10.2 Å². The molecule has 2 aromatic heterocycles. The number of aryl methyl sites for hydroxylation is 1. The number of carbonyl (C=O) groups excluding carboxylic acids is 1. The van der Waals surface area contributed by atoms with E-state index in [9.17, 15) is 4.79 Å². The molecule has 1 aliphatic rings. The number of fused-ring (bicyclic) bond motifs is 1. The summed E-state index contributed by atoms with van der Waals surface area (Å²) in [5.41, 5.74) is 1.30. The first-order chi connectivity index (χ1) is 11.5. The van der Waals surface area contributed by atoms with Crippen LogP contribution in [0.3, 0.4) is 0 Å². The minimum Gasteiger partial charge on any atom is -0.369 e. The van der Waals surface area contributed by atoms with Gasteiger partial charge in [0.05, 0.1) is 5.39 Å². The van der Waals surface area contributed by atoms with Crippen molar-refractivity contribution >= 4 is 33.3 Å². The first-order valence-corrected chi connectivity index (χ1v) is 9.69. The quantitative estimate of drug-likeness (QED) is 0.868. The van der Waals surface area contributed by atoms with E-state index in [2.05, 4.69) is 34.5 Å². The first-order valence-electron chi connectivity index (χ1n) is 8.81. The zero-order chi connectivity index (χ0) is 17.1. The number of carbonyl (C=O) groups is 1. The van der Waals surface area contributed by atoms with E-state index in [1.54, 1.807) is 11.3 Å². The molecule has 1 N–H and O–H groups in total. The molecule has 0 radical (unpaired) electrons. The molecule has 1 saturated heterocycles. The fraction of sp³-hybridized carbons (Fsp3) is 0.611. The van der Waals surface area contributed by atoms with Crippen LogP contribution < -0.4 is 5.32 Å². The smallest absolute Gasteiger partial charge is 0.224 e. The van der Waals surface area contributed by atoms with Gasteiger partial charge in [-0.1, -0.05) is 13.8 Å². The second kappa shape index (κ2) is 7.47. The highest BCUT2D eigenvalue weighted by Crippen LogP contribution is 2.31. The summed E-state index contributed by atoms with van der Waals surface area (Å²) >= 11 is 1.68. The van der Waals surface area contributed by atoms with Crippen LogP contribution in [-0.4, -0.2) is 40.4 Å². The highest BCUT2D eigenvalue weighted by Gasteiger charge is 2.18. The third-order valence-electron chi connectivity index (χ3n) is 4.34. The molecule has 6 heteroatoms. The third-order valence-corrected chi connectivity index (χ3v) is 5.26. The Kier molecular flexibility index (Phi) is 5.33. The van der Waals surface area contributed by atoms with Gasteiger partial charge in [0, 0.05) is 26.1 Å². The second-order valence-corrected chi connectivity index (χ2v) is 7.78. The number of hydrogen-bond acceptors (Lipinski definition) is 5. The molecule has 0 atom stereocenters. The molecule has 0 spiro atoms. The molecule has 0 aromatic carbocycles. The van der Waals surface area contributed by atoms with E-state index in [4.69, 9.17) is 0 Å². The van der Waals surface area contributed by atoms with E-state index >= 15 is 0 Å². The molecule has 3 rings (SSSR count). The van der Waals surface area contributed by atoms with E-state index in [1.165, 1.54) is 5.56 Å². The Morgan fingerprint density at radius 3 is 2.79 bits per heavy atom. The van der Waals surface area contributed by atoms with Crippen molar-refractivity contribution in [3.8, 4) is 0 Å². The first kappa shape index (κ1) is 17.1. The van der Waals surface area contributed by atoms with E-state index in [0.29, 0.717) is 18.9 Å². The van der Waals surface area contributed by atoms with Crippen molar-refractivity contribution in [3.63, 3.8) is 0 Å². The summed E-state index contributed by atoms with van der Waals surface area (Å²) in [5.74, 6) is 2.49. The number of aromatic nitrogens is 2. The maximum atomic E-state index is 12.2. The summed E-state index contributed by atoms with van der Waals surface area (Å²) in [7, 11) is 0. The van der Waals surface area contributed by atoms with Crippen LogP contribution in [0.5, 0.6) is 0 Å². The van der Waals surface area contributed by atoms with E-state index in [0.717, 1.165) is 54.2 Å². The minimum absolute atomic E-state index is 0.245. The van der Waals surface area contributed by atoms with Gasteiger partial charge in [0.25, 0.3) is 0 Å². The lowest BCUT2D eigenvalue weighted by atomic mass is 10.0. The molecule has 1 amide bonds. The van der Waals surface area contributed by atoms with Crippen molar-refractivity contribution in [3.05, 3.63) is 16.8 Å². The molecule has 0 saturated carbocycles. The Hall–Kier alpha value is -1.69. The molecule has 24 heavy (non-hydrogen) atoms. The van der Waals surface area contributed by atoms with Gasteiger partial charge in [0.15, 0.2) is 0 Å². The summed E-state index contributed by atoms with van der Waals surface area (Å²) in [6.45, 7) is 8.82. The number of amides is 1. The lowest BCUT2D eigenvalue weighted by Crippen LogP contribution is -2.29. The third kappa shape index (κ3) is 3.86. The molecule has 0 unspecified atom stereocenters. The Labute approximate surface area is 147 Å². The number of likely N-dealkylation sites (tertiary alicyclic amines) is 1. The van der Waals surface area contributed by atoms with Gasteiger partial charge in [-0.05, 0) is 43.0 Å². The largest absolute Gasteiger partial charge is 0.369 e. The molecule has 5 nitrogen and oxygen atoms in total. The van der Waals surface area contributed by atoms with Crippen LogP contribution in [0.15, 0.2) is 5.38 Å². The van der Waals surface area contributed by atoms with Crippen molar-refractivity contribution < 1.29 is 4.79 Å². The average Bonchev–Trinajstić information content (AvgIpc) is 3.16. The van der Waals surface area contributed by atoms with Crippen molar-refractivity contribution in [1.29, 1.82) is 0 Å². The van der Waals surface area contributed by atoms with Crippen molar-refractivity contribution in [2.75, 3.05) is 25.0 Å². The predicted molar refractivity (Wildman–Crippen MR) is 99.6 cm³/mol. The number of nitrogens with one attached hydrogen (secondary N) is 1. The van der Waals surface area contributed by atoms with Crippen LogP contribution in [0, 0.1) is 12.8 Å². The van der Waals surface area contributed by atoms with Gasteiger partial charge in [-0.2, -0.15) is 0 Å². The van der Waals surface area contributed by atoms with Crippen LogP contribution in [0.1, 0.15) is 44.5 Å². The van der Waals surface area contributed by atoms with Crippen LogP contribution in [-0.2, 0) is 11.2 Å². The molecular formula is C18H26N4OS. The molecule has 3 heterocycles. The zero-order valence-corrected chi connectivity index (χ0v) is 15.6. The molecule has 1 fully saturated rings. The Morgan fingerprint density at radius 2 is 2.08 bits per heavy atom. The average molecular weight is 346 g/mol. The summed E-state index contributed by atoms with van der Waals surface area (Å²) in [4.78, 5) is 24.3. The molecule has 0 bridgehead atoms. The number of rotatable bonds is 6. The predicted octanol–water partition coefficient (Wildman–Crippen LogP) is 3.62. The Bertz CT molecular complexity index is 719. The lowest BCUT2D eigenvalue weighted by molar-refractivity contribution is -0.129. The standard InChI is InChI=1S/C18H26N4OS/c1-12(2)10-14-11-24-18-16(14)17(20-13(3)21-18)19-7-6-15(23)22-8-4-5-9-22/h11-12H,4-10H2,1-3H3,(H,19,20,21). The van der Waals surface area contributed by atoms with Gasteiger partial charge >= 0.3 is 0 Å². The molecular weight excluding hydrogens is 320 g/mol. The van der Waals surface area contributed by atoms with Crippen LogP contribution in [0.2, 0.25) is 0 Å². The zero-order valence-electron chi connectivity index (χ0n) is 14.8. The summed E-state index contributed by atoms with van der Waals surface area (Å²) in [6, 6.07) is 0. The molecule has 1 aliphatic heterocycles. The lowest BCUT2D eigenvalue weighted by Gasteiger charge is -2.15. The van der Waals surface area contributed by atoms with Gasteiger partial charge in [-0.25, -0.2) is 9.97 Å². The van der Waals surface area contributed by atoms with E-state index in [1.807, 2.05) is 11.8 Å². The fourth-order valence-corrected chi connectivity index (χ4v) is 4.24. The normalized spacial score (nSPS) is 14.8. The fourth-order valence-electron chi connectivity index (χ4n) is 3.24. The van der Waals surface area contributed by atoms with Crippen LogP contribution >= 0.6 is 11.3 Å². The maximum Gasteiger partial charge on any atom is 0.224 e. The summed E-state index contributed by atoms with van der Waals surface area (Å²) in [5, 5.41) is 6.72. The summed E-state index contributed by atoms with van der Waals surface area (Å²) < 4.78 is 0. The van der Waals surface area contributed by atoms with E-state index in [-0.39, 0.29) is 5.91 Å². The molecule has 2 aromatic rings. The Balaban J connectivity index is 1.72. The van der Waals surface area contributed by atoms with Crippen molar-refractivity contribution in [2.45, 2.75) is 46.5 Å². The van der Waals surface area contributed by atoms with Gasteiger partial charge in [0.2, 0.25) is 5.91 Å². The van der Waals surface area contributed by atoms with Crippen molar-refractivity contribution in [2.24, 2.45) is 5.92 Å². The second-order valence-electron chi connectivity index (χ2n) is 6.92. The molecule has 130 valence electrons. The highest BCUT2D eigenvalue weighted by atomic mass is 32.1. The van der Waals surface area contributed by atoms with Crippen molar-refractivity contribution in [1.82, 2.24) is 14.9 Å². The van der Waals surface area contributed by atoms with Crippen LogP contribution in [0.4, 0.5) is 5.82 Å². The molecule has 0 aliphatic carbocycles. The number of hydrogen-bond donors (Lipinski definition) is 1. The monoisotopic (exact) mass is 346 g/mol. The van der Waals surface area contributed by atoms with Gasteiger partial charge in [-0.15, -0.1) is 11.3 Å². The topological polar surface area (TPSA) is 58.1 Å². The SMILES string of the molecule is Cc1nc(NCCC(=O)N2CCCC2)c2c(CC(C)C)csc2n1. The van der Waals surface area contributed by atoms with Crippen LogP contribution in [0.25, 0.3) is 10.2 Å². The minimum atomic E-state index is 0.245. The number of nitrogens with zero attached hydrogens (tertiary/aromatic N) is 3. The number of anilines is 1. The highest BCUT2D eigenvalue weighted by molar-refractivity contribution is 7.17. The Morgan fingerprint density at radius 1 is 1.33 bits per heavy atom. The summed E-state index contributed by atoms with van der Waals surface area (Å²) in [6.07, 6.45) is 3.82. The van der Waals surface area contributed by atoms with Gasteiger partial charge in [-0.3, -0.25) is 4.79 Å². The maximum absolute atomic E-state index is 12.2.